The van der Waals surface area contributed by atoms with Crippen molar-refractivity contribution in [1.29, 1.82) is 0 Å². The largest absolute Gasteiger partial charge is 0.458 e. The molecule has 4 rings (SSSR count). The quantitative estimate of drug-likeness (QED) is 0.370. The van der Waals surface area contributed by atoms with Gasteiger partial charge in [-0.15, -0.1) is 0 Å². The molecule has 0 radical (unpaired) electrons. The first-order valence-electron chi connectivity index (χ1n) is 11.7. The monoisotopic (exact) mass is 491 g/mol. The number of carbonyl (C=O) groups is 2. The highest BCUT2D eigenvalue weighted by atomic mass is 35.5. The summed E-state index contributed by atoms with van der Waals surface area (Å²) >= 11 is 6.01. The molecule has 1 atom stereocenters. The van der Waals surface area contributed by atoms with E-state index in [4.69, 9.17) is 21.1 Å². The van der Waals surface area contributed by atoms with E-state index >= 15 is 0 Å². The zero-order valence-corrected chi connectivity index (χ0v) is 21.2. The van der Waals surface area contributed by atoms with Crippen LogP contribution in [0.2, 0.25) is 5.02 Å². The van der Waals surface area contributed by atoms with E-state index in [-0.39, 0.29) is 18.9 Å². The third-order valence-electron chi connectivity index (χ3n) is 6.11. The maximum Gasteiger partial charge on any atom is 0.410 e. The first kappa shape index (κ1) is 24.8. The summed E-state index contributed by atoms with van der Waals surface area (Å²) in [5.74, 6) is -0.542. The molecule has 0 aliphatic heterocycles. The van der Waals surface area contributed by atoms with E-state index in [1.165, 1.54) is 4.90 Å². The van der Waals surface area contributed by atoms with Gasteiger partial charge >= 0.3 is 12.1 Å². The van der Waals surface area contributed by atoms with Crippen molar-refractivity contribution in [2.75, 3.05) is 13.7 Å². The molecule has 1 aliphatic carbocycles. The molecule has 0 N–H and O–H groups in total. The molecule has 1 amide bonds. The van der Waals surface area contributed by atoms with Gasteiger partial charge in [-0.1, -0.05) is 72.3 Å². The van der Waals surface area contributed by atoms with Gasteiger partial charge in [0.05, 0.1) is 0 Å². The lowest BCUT2D eigenvalue weighted by Crippen LogP contribution is -2.47. The first-order chi connectivity index (χ1) is 16.6. The van der Waals surface area contributed by atoms with Gasteiger partial charge < -0.3 is 9.47 Å². The van der Waals surface area contributed by atoms with Gasteiger partial charge in [0, 0.05) is 24.4 Å². The zero-order valence-electron chi connectivity index (χ0n) is 20.5. The molecular weight excluding hydrogens is 462 g/mol. The molecule has 0 aromatic heterocycles. The summed E-state index contributed by atoms with van der Waals surface area (Å²) in [6.07, 6.45) is -0.288. The number of amides is 1. The van der Waals surface area contributed by atoms with Gasteiger partial charge in [-0.3, -0.25) is 4.90 Å². The van der Waals surface area contributed by atoms with E-state index in [2.05, 4.69) is 24.3 Å². The van der Waals surface area contributed by atoms with Crippen molar-refractivity contribution in [3.63, 3.8) is 0 Å². The van der Waals surface area contributed by atoms with Crippen molar-refractivity contribution >= 4 is 23.7 Å². The Hall–Kier alpha value is -3.31. The summed E-state index contributed by atoms with van der Waals surface area (Å²) in [6.45, 7) is 5.59. The van der Waals surface area contributed by atoms with Gasteiger partial charge in [0.2, 0.25) is 0 Å². The number of fused-ring (bicyclic) bond motifs is 3. The van der Waals surface area contributed by atoms with Crippen LogP contribution in [0.5, 0.6) is 0 Å². The molecule has 6 heteroatoms. The fourth-order valence-corrected chi connectivity index (χ4v) is 4.54. The third kappa shape index (κ3) is 5.68. The molecule has 1 aliphatic rings. The highest BCUT2D eigenvalue weighted by molar-refractivity contribution is 6.30. The van der Waals surface area contributed by atoms with Gasteiger partial charge in [0.1, 0.15) is 18.2 Å². The average molecular weight is 492 g/mol. The average Bonchev–Trinajstić information content (AvgIpc) is 3.14. The van der Waals surface area contributed by atoms with E-state index in [0.29, 0.717) is 5.02 Å². The Labute approximate surface area is 211 Å². The predicted octanol–water partition coefficient (Wildman–Crippen LogP) is 6.47. The number of carbonyl (C=O) groups excluding carboxylic acids is 2. The summed E-state index contributed by atoms with van der Waals surface area (Å²) in [5, 5.41) is 0.604. The maximum atomic E-state index is 13.2. The highest BCUT2D eigenvalue weighted by Gasteiger charge is 2.34. The number of hydrogen-bond acceptors (Lipinski definition) is 4. The standard InChI is InChI=1S/C29H30ClNO4/c1-29(2,3)35-27(32)26(17-19-13-15-20(30)16-14-19)31(4)28(33)34-18-25-23-11-7-5-9-21(23)22-10-6-8-12-24(22)25/h5-16,25-26H,17-18H2,1-4H3. The van der Waals surface area contributed by atoms with Crippen molar-refractivity contribution in [3.05, 3.63) is 94.5 Å². The second-order valence-electron chi connectivity index (χ2n) is 9.79. The number of benzene rings is 3. The summed E-state index contributed by atoms with van der Waals surface area (Å²) in [5.41, 5.74) is 4.77. The van der Waals surface area contributed by atoms with Gasteiger partial charge in [0.15, 0.2) is 0 Å². The summed E-state index contributed by atoms with van der Waals surface area (Å²) in [7, 11) is 1.57. The Morgan fingerprint density at radius 1 is 0.914 bits per heavy atom. The Morgan fingerprint density at radius 2 is 1.46 bits per heavy atom. The van der Waals surface area contributed by atoms with Crippen LogP contribution in [-0.4, -0.2) is 42.3 Å². The van der Waals surface area contributed by atoms with Crippen LogP contribution in [0.4, 0.5) is 4.79 Å². The molecule has 35 heavy (non-hydrogen) atoms. The number of halogens is 1. The van der Waals surface area contributed by atoms with E-state index in [1.807, 2.05) is 36.4 Å². The van der Waals surface area contributed by atoms with Crippen LogP contribution in [0.25, 0.3) is 11.1 Å². The third-order valence-corrected chi connectivity index (χ3v) is 6.36. The SMILES string of the molecule is CN(C(=O)OCC1c2ccccc2-c2ccccc21)C(Cc1ccc(Cl)cc1)C(=O)OC(C)(C)C. The summed E-state index contributed by atoms with van der Waals surface area (Å²) in [4.78, 5) is 27.5. The minimum absolute atomic E-state index is 0.0593. The maximum absolute atomic E-state index is 13.2. The molecule has 0 saturated heterocycles. The second-order valence-corrected chi connectivity index (χ2v) is 10.2. The Morgan fingerprint density at radius 3 is 2.00 bits per heavy atom. The molecule has 5 nitrogen and oxygen atoms in total. The smallest absolute Gasteiger partial charge is 0.410 e. The normalized spacial score (nSPS) is 13.5. The van der Waals surface area contributed by atoms with E-state index in [9.17, 15) is 9.59 Å². The van der Waals surface area contributed by atoms with Crippen molar-refractivity contribution < 1.29 is 19.1 Å². The van der Waals surface area contributed by atoms with Crippen molar-refractivity contribution in [1.82, 2.24) is 4.90 Å². The Balaban J connectivity index is 1.51. The Bertz CT molecular complexity index is 1170. The van der Waals surface area contributed by atoms with Crippen LogP contribution in [-0.2, 0) is 20.7 Å². The minimum atomic E-state index is -0.842. The van der Waals surface area contributed by atoms with Gasteiger partial charge in [-0.25, -0.2) is 9.59 Å². The van der Waals surface area contributed by atoms with Crippen molar-refractivity contribution in [2.45, 2.75) is 44.8 Å². The lowest BCUT2D eigenvalue weighted by atomic mass is 9.98. The van der Waals surface area contributed by atoms with Crippen LogP contribution < -0.4 is 0 Å². The predicted molar refractivity (Wildman–Crippen MR) is 138 cm³/mol. The fraction of sp³-hybridized carbons (Fsp3) is 0.310. The lowest BCUT2D eigenvalue weighted by molar-refractivity contribution is -0.160. The van der Waals surface area contributed by atoms with Crippen LogP contribution in [0, 0.1) is 0 Å². The number of esters is 1. The minimum Gasteiger partial charge on any atom is -0.458 e. The number of ether oxygens (including phenoxy) is 2. The Kier molecular flexibility index (Phi) is 7.18. The van der Waals surface area contributed by atoms with Gasteiger partial charge in [-0.05, 0) is 60.7 Å². The molecule has 1 unspecified atom stereocenters. The highest BCUT2D eigenvalue weighted by Crippen LogP contribution is 2.44. The number of nitrogens with zero attached hydrogens (tertiary/aromatic N) is 1. The van der Waals surface area contributed by atoms with Crippen LogP contribution in [0.1, 0.15) is 43.4 Å². The van der Waals surface area contributed by atoms with Gasteiger partial charge in [-0.2, -0.15) is 0 Å². The van der Waals surface area contributed by atoms with Crippen LogP contribution in [0.3, 0.4) is 0 Å². The van der Waals surface area contributed by atoms with Gasteiger partial charge in [0.25, 0.3) is 0 Å². The van der Waals surface area contributed by atoms with Crippen molar-refractivity contribution in [2.24, 2.45) is 0 Å². The topological polar surface area (TPSA) is 55.8 Å². The zero-order chi connectivity index (χ0) is 25.2. The number of likely N-dealkylation sites (N-methyl/N-ethyl adjacent to an activating group) is 1. The van der Waals surface area contributed by atoms with Crippen molar-refractivity contribution in [3.8, 4) is 11.1 Å². The molecule has 0 saturated carbocycles. The van der Waals surface area contributed by atoms with E-state index in [0.717, 1.165) is 27.8 Å². The molecule has 0 bridgehead atoms. The summed E-state index contributed by atoms with van der Waals surface area (Å²) in [6, 6.07) is 22.7. The summed E-state index contributed by atoms with van der Waals surface area (Å²) < 4.78 is 11.4. The molecule has 3 aromatic rings. The first-order valence-corrected chi connectivity index (χ1v) is 12.1. The molecule has 0 heterocycles. The van der Waals surface area contributed by atoms with E-state index < -0.39 is 23.7 Å². The second kappa shape index (κ2) is 10.1. The molecule has 182 valence electrons. The molecule has 3 aromatic carbocycles. The number of rotatable bonds is 6. The van der Waals surface area contributed by atoms with Crippen LogP contribution >= 0.6 is 11.6 Å². The van der Waals surface area contributed by atoms with Crippen LogP contribution in [0.15, 0.2) is 72.8 Å². The molecule has 0 fully saturated rings. The fourth-order valence-electron chi connectivity index (χ4n) is 4.41. The lowest BCUT2D eigenvalue weighted by Gasteiger charge is -2.30. The molecule has 0 spiro atoms. The number of hydrogen-bond donors (Lipinski definition) is 0. The van der Waals surface area contributed by atoms with E-state index in [1.54, 1.807) is 40.0 Å². The molecular formula is C29H30ClNO4.